The highest BCUT2D eigenvalue weighted by atomic mass is 19.1. The van der Waals surface area contributed by atoms with Crippen molar-refractivity contribution < 1.29 is 19.1 Å². The van der Waals surface area contributed by atoms with Crippen LogP contribution in [-0.2, 0) is 4.79 Å². The maximum absolute atomic E-state index is 13.5. The Morgan fingerprint density at radius 3 is 2.84 bits per heavy atom. The van der Waals surface area contributed by atoms with E-state index in [4.69, 9.17) is 5.11 Å². The average Bonchev–Trinajstić information content (AvgIpc) is 2.73. The lowest BCUT2D eigenvalue weighted by Crippen LogP contribution is -2.34. The maximum Gasteiger partial charge on any atom is 0.305 e. The van der Waals surface area contributed by atoms with E-state index in [0.717, 1.165) is 0 Å². The quantitative estimate of drug-likeness (QED) is 0.788. The van der Waals surface area contributed by atoms with E-state index in [1.54, 1.807) is 19.1 Å². The van der Waals surface area contributed by atoms with Gasteiger partial charge in [-0.15, -0.1) is 0 Å². The molecule has 0 saturated carbocycles. The molecule has 0 aliphatic rings. The van der Waals surface area contributed by atoms with Gasteiger partial charge in [0.2, 0.25) is 0 Å². The molecule has 0 bridgehead atoms. The Morgan fingerprint density at radius 1 is 1.47 bits per heavy atom. The maximum atomic E-state index is 13.5. The van der Waals surface area contributed by atoms with Crippen molar-refractivity contribution in [2.75, 3.05) is 0 Å². The molecule has 3 N–H and O–H groups in total. The van der Waals surface area contributed by atoms with Crippen molar-refractivity contribution in [1.29, 1.82) is 0 Å². The summed E-state index contributed by atoms with van der Waals surface area (Å²) in [5, 5.41) is 11.5. The number of carboxylic acid groups (broad SMARTS) is 1. The number of amides is 1. The Morgan fingerprint density at radius 2 is 2.21 bits per heavy atom. The first kappa shape index (κ1) is 13.1. The molecule has 1 aromatic heterocycles. The smallest absolute Gasteiger partial charge is 0.305 e. The topological polar surface area (TPSA) is 82.2 Å². The van der Waals surface area contributed by atoms with Gasteiger partial charge in [-0.25, -0.2) is 4.39 Å². The summed E-state index contributed by atoms with van der Waals surface area (Å²) in [5.74, 6) is -1.86. The van der Waals surface area contributed by atoms with Gasteiger partial charge in [0.25, 0.3) is 5.91 Å². The first-order valence-electron chi connectivity index (χ1n) is 5.77. The standard InChI is InChI=1S/C13H13FN2O3/c1-7(5-12(17)18)15-13(19)11-6-8-9(14)3-2-4-10(8)16-11/h2-4,6-7,16H,5H2,1H3,(H,15,19)(H,17,18). The molecule has 6 heteroatoms. The number of carbonyl (C=O) groups excluding carboxylic acids is 1. The molecule has 1 heterocycles. The number of aromatic amines is 1. The molecule has 100 valence electrons. The number of benzene rings is 1. The summed E-state index contributed by atoms with van der Waals surface area (Å²) in [7, 11) is 0. The Balaban J connectivity index is 2.18. The Labute approximate surface area is 108 Å². The van der Waals surface area contributed by atoms with Gasteiger partial charge in [-0.2, -0.15) is 0 Å². The van der Waals surface area contributed by atoms with Crippen LogP contribution in [0.15, 0.2) is 24.3 Å². The number of rotatable bonds is 4. The van der Waals surface area contributed by atoms with Crippen LogP contribution >= 0.6 is 0 Å². The van der Waals surface area contributed by atoms with E-state index in [1.807, 2.05) is 0 Å². The van der Waals surface area contributed by atoms with Gasteiger partial charge in [0, 0.05) is 16.9 Å². The van der Waals surface area contributed by atoms with E-state index in [9.17, 15) is 14.0 Å². The number of carbonyl (C=O) groups is 2. The second-order valence-corrected chi connectivity index (χ2v) is 4.36. The highest BCUT2D eigenvalue weighted by Gasteiger charge is 2.15. The zero-order valence-electron chi connectivity index (χ0n) is 10.2. The molecule has 0 radical (unpaired) electrons. The second kappa shape index (κ2) is 5.09. The molecule has 5 nitrogen and oxygen atoms in total. The van der Waals surface area contributed by atoms with Gasteiger partial charge in [-0.1, -0.05) is 6.07 Å². The van der Waals surface area contributed by atoms with Gasteiger partial charge in [-0.05, 0) is 25.1 Å². The van der Waals surface area contributed by atoms with Gasteiger partial charge in [-0.3, -0.25) is 9.59 Å². The Kier molecular flexibility index (Phi) is 3.50. The van der Waals surface area contributed by atoms with Crippen molar-refractivity contribution in [1.82, 2.24) is 10.3 Å². The number of aromatic nitrogens is 1. The number of hydrogen-bond donors (Lipinski definition) is 3. The molecule has 2 aromatic rings. The normalized spacial score (nSPS) is 12.3. The zero-order valence-corrected chi connectivity index (χ0v) is 10.2. The Bertz CT molecular complexity index is 636. The molecular weight excluding hydrogens is 251 g/mol. The summed E-state index contributed by atoms with van der Waals surface area (Å²) >= 11 is 0. The molecule has 19 heavy (non-hydrogen) atoms. The lowest BCUT2D eigenvalue weighted by Gasteiger charge is -2.10. The van der Waals surface area contributed by atoms with Gasteiger partial charge < -0.3 is 15.4 Å². The van der Waals surface area contributed by atoms with Crippen LogP contribution in [0.5, 0.6) is 0 Å². The van der Waals surface area contributed by atoms with Crippen LogP contribution in [0.1, 0.15) is 23.8 Å². The van der Waals surface area contributed by atoms with E-state index in [0.29, 0.717) is 10.9 Å². The number of halogens is 1. The van der Waals surface area contributed by atoms with Gasteiger partial charge >= 0.3 is 5.97 Å². The van der Waals surface area contributed by atoms with Crippen LogP contribution in [0.25, 0.3) is 10.9 Å². The van der Waals surface area contributed by atoms with Crippen LogP contribution in [0, 0.1) is 5.82 Å². The van der Waals surface area contributed by atoms with E-state index >= 15 is 0 Å². The SMILES string of the molecule is CC(CC(=O)O)NC(=O)c1cc2c(F)cccc2[nH]1. The van der Waals surface area contributed by atoms with Crippen LogP contribution < -0.4 is 5.32 Å². The largest absolute Gasteiger partial charge is 0.481 e. The minimum Gasteiger partial charge on any atom is -0.481 e. The summed E-state index contributed by atoms with van der Waals surface area (Å²) in [6.07, 6.45) is -0.166. The number of carboxylic acids is 1. The molecule has 1 aromatic carbocycles. The predicted molar refractivity (Wildman–Crippen MR) is 67.4 cm³/mol. The van der Waals surface area contributed by atoms with Gasteiger partial charge in [0.1, 0.15) is 11.5 Å². The van der Waals surface area contributed by atoms with Gasteiger partial charge in [0.05, 0.1) is 6.42 Å². The van der Waals surface area contributed by atoms with Crippen molar-refractivity contribution in [3.8, 4) is 0 Å². The van der Waals surface area contributed by atoms with Crippen molar-refractivity contribution in [3.63, 3.8) is 0 Å². The molecule has 0 fully saturated rings. The monoisotopic (exact) mass is 264 g/mol. The molecule has 0 aliphatic carbocycles. The molecular formula is C13H13FN2O3. The predicted octanol–water partition coefficient (Wildman–Crippen LogP) is 1.90. The fourth-order valence-electron chi connectivity index (χ4n) is 1.86. The van der Waals surface area contributed by atoms with Crippen LogP contribution in [0.3, 0.4) is 0 Å². The van der Waals surface area contributed by atoms with Crippen molar-refractivity contribution in [2.45, 2.75) is 19.4 Å². The third kappa shape index (κ3) is 2.90. The third-order valence-electron chi connectivity index (χ3n) is 2.71. The summed E-state index contributed by atoms with van der Waals surface area (Å²) in [6, 6.07) is 5.43. The zero-order chi connectivity index (χ0) is 14.0. The number of aliphatic carboxylic acids is 1. The first-order chi connectivity index (χ1) is 8.97. The van der Waals surface area contributed by atoms with E-state index in [-0.39, 0.29) is 12.1 Å². The van der Waals surface area contributed by atoms with Crippen LogP contribution in [-0.4, -0.2) is 28.0 Å². The number of nitrogens with one attached hydrogen (secondary N) is 2. The average molecular weight is 264 g/mol. The molecule has 1 unspecified atom stereocenters. The van der Waals surface area contributed by atoms with Gasteiger partial charge in [0.15, 0.2) is 0 Å². The minimum atomic E-state index is -0.990. The molecule has 0 saturated heterocycles. The van der Waals surface area contributed by atoms with Crippen LogP contribution in [0.4, 0.5) is 4.39 Å². The summed E-state index contributed by atoms with van der Waals surface area (Å²) in [4.78, 5) is 25.2. The Hall–Kier alpha value is -2.37. The molecule has 2 rings (SSSR count). The van der Waals surface area contributed by atoms with E-state index < -0.39 is 23.7 Å². The minimum absolute atomic E-state index is 0.166. The molecule has 1 amide bonds. The number of hydrogen-bond acceptors (Lipinski definition) is 2. The van der Waals surface area contributed by atoms with Crippen molar-refractivity contribution >= 4 is 22.8 Å². The number of fused-ring (bicyclic) bond motifs is 1. The fourth-order valence-corrected chi connectivity index (χ4v) is 1.86. The third-order valence-corrected chi connectivity index (χ3v) is 2.71. The van der Waals surface area contributed by atoms with Crippen LogP contribution in [0.2, 0.25) is 0 Å². The van der Waals surface area contributed by atoms with E-state index in [2.05, 4.69) is 10.3 Å². The lowest BCUT2D eigenvalue weighted by atomic mass is 10.2. The summed E-state index contributed by atoms with van der Waals surface area (Å²) in [6.45, 7) is 1.59. The molecule has 0 aliphatic heterocycles. The molecule has 0 spiro atoms. The van der Waals surface area contributed by atoms with Crippen molar-refractivity contribution in [2.24, 2.45) is 0 Å². The van der Waals surface area contributed by atoms with Crippen molar-refractivity contribution in [3.05, 3.63) is 35.8 Å². The first-order valence-corrected chi connectivity index (χ1v) is 5.77. The number of H-pyrrole nitrogens is 1. The fraction of sp³-hybridized carbons (Fsp3) is 0.231. The van der Waals surface area contributed by atoms with E-state index in [1.165, 1.54) is 12.1 Å². The highest BCUT2D eigenvalue weighted by molar-refractivity contribution is 5.98. The lowest BCUT2D eigenvalue weighted by molar-refractivity contribution is -0.137. The molecule has 1 atom stereocenters. The summed E-state index contributed by atoms with van der Waals surface area (Å²) in [5.41, 5.74) is 0.730. The highest BCUT2D eigenvalue weighted by Crippen LogP contribution is 2.18. The second-order valence-electron chi connectivity index (χ2n) is 4.36. The summed E-state index contributed by atoms with van der Waals surface area (Å²) < 4.78 is 13.5.